The zero-order valence-corrected chi connectivity index (χ0v) is 9.69. The van der Waals surface area contributed by atoms with Crippen molar-refractivity contribution in [2.24, 2.45) is 0 Å². The molecule has 2 atom stereocenters. The Kier molecular flexibility index (Phi) is 4.89. The summed E-state index contributed by atoms with van der Waals surface area (Å²) in [6.45, 7) is -0.979. The van der Waals surface area contributed by atoms with Crippen LogP contribution in [-0.2, 0) is 4.79 Å². The molecule has 1 aromatic rings. The summed E-state index contributed by atoms with van der Waals surface area (Å²) in [6.07, 6.45) is -7.45. The van der Waals surface area contributed by atoms with Crippen LogP contribution < -0.4 is 5.32 Å². The summed E-state index contributed by atoms with van der Waals surface area (Å²) >= 11 is 0. The topological polar surface area (TPSA) is 73.1 Å². The number of hydrogen-bond acceptors (Lipinski definition) is 3. The van der Waals surface area contributed by atoms with Gasteiger partial charge < -0.3 is 10.4 Å². The van der Waals surface area contributed by atoms with Crippen molar-refractivity contribution in [3.05, 3.63) is 35.9 Å². The SMILES string of the molecule is N#CC(C(=O)NCC(O)C(F)(F)F)c1ccccc1. The molecule has 0 heterocycles. The van der Waals surface area contributed by atoms with Crippen LogP contribution in [0.15, 0.2) is 30.3 Å². The Hall–Kier alpha value is -2.07. The van der Waals surface area contributed by atoms with Crippen molar-refractivity contribution in [2.45, 2.75) is 18.2 Å². The fraction of sp³-hybridized carbons (Fsp3) is 0.333. The zero-order chi connectivity index (χ0) is 14.5. The highest BCUT2D eigenvalue weighted by Gasteiger charge is 2.38. The molecule has 0 saturated carbocycles. The molecule has 4 nitrogen and oxygen atoms in total. The third-order valence-corrected chi connectivity index (χ3v) is 2.37. The van der Waals surface area contributed by atoms with Gasteiger partial charge in [-0.2, -0.15) is 18.4 Å². The second-order valence-corrected chi connectivity index (χ2v) is 3.78. The number of amides is 1. The third-order valence-electron chi connectivity index (χ3n) is 2.37. The number of alkyl halides is 3. The maximum absolute atomic E-state index is 12.0. The number of nitrogens with one attached hydrogen (secondary N) is 1. The van der Waals surface area contributed by atoms with E-state index in [0.29, 0.717) is 5.56 Å². The average Bonchev–Trinajstić information content (AvgIpc) is 2.37. The van der Waals surface area contributed by atoms with E-state index in [-0.39, 0.29) is 0 Å². The molecular weight excluding hydrogens is 261 g/mol. The van der Waals surface area contributed by atoms with Gasteiger partial charge in [0.25, 0.3) is 0 Å². The molecular formula is C12H11F3N2O2. The highest BCUT2D eigenvalue weighted by Crippen LogP contribution is 2.20. The molecule has 19 heavy (non-hydrogen) atoms. The highest BCUT2D eigenvalue weighted by molar-refractivity contribution is 5.86. The lowest BCUT2D eigenvalue weighted by molar-refractivity contribution is -0.201. The third kappa shape index (κ3) is 4.26. The predicted molar refractivity (Wildman–Crippen MR) is 59.9 cm³/mol. The monoisotopic (exact) mass is 272 g/mol. The molecule has 1 amide bonds. The van der Waals surface area contributed by atoms with Gasteiger partial charge in [-0.15, -0.1) is 0 Å². The number of rotatable bonds is 4. The lowest BCUT2D eigenvalue weighted by Gasteiger charge is -2.16. The largest absolute Gasteiger partial charge is 0.416 e. The fourth-order valence-corrected chi connectivity index (χ4v) is 1.35. The number of carbonyl (C=O) groups is 1. The number of nitrogens with zero attached hydrogens (tertiary/aromatic N) is 1. The van der Waals surface area contributed by atoms with Crippen molar-refractivity contribution in [3.8, 4) is 6.07 Å². The van der Waals surface area contributed by atoms with Crippen LogP contribution in [-0.4, -0.2) is 29.8 Å². The van der Waals surface area contributed by atoms with Gasteiger partial charge in [-0.25, -0.2) is 0 Å². The van der Waals surface area contributed by atoms with E-state index in [4.69, 9.17) is 10.4 Å². The molecule has 2 N–H and O–H groups in total. The zero-order valence-electron chi connectivity index (χ0n) is 9.69. The molecule has 1 rings (SSSR count). The van der Waals surface area contributed by atoms with Gasteiger partial charge in [-0.05, 0) is 5.56 Å². The summed E-state index contributed by atoms with van der Waals surface area (Å²) < 4.78 is 36.1. The first-order valence-electron chi connectivity index (χ1n) is 5.33. The Morgan fingerprint density at radius 3 is 2.42 bits per heavy atom. The van der Waals surface area contributed by atoms with Crippen LogP contribution in [0.4, 0.5) is 13.2 Å². The van der Waals surface area contributed by atoms with Gasteiger partial charge in [0.1, 0.15) is 5.92 Å². The molecule has 0 aliphatic heterocycles. The number of benzene rings is 1. The molecule has 0 spiro atoms. The van der Waals surface area contributed by atoms with Crippen molar-refractivity contribution >= 4 is 5.91 Å². The van der Waals surface area contributed by atoms with Crippen LogP contribution in [0.5, 0.6) is 0 Å². The average molecular weight is 272 g/mol. The number of nitriles is 1. The van der Waals surface area contributed by atoms with Gasteiger partial charge in [0.2, 0.25) is 5.91 Å². The van der Waals surface area contributed by atoms with Crippen molar-refractivity contribution in [3.63, 3.8) is 0 Å². The lowest BCUT2D eigenvalue weighted by Crippen LogP contribution is -2.42. The van der Waals surface area contributed by atoms with Crippen molar-refractivity contribution in [1.29, 1.82) is 5.26 Å². The first kappa shape index (κ1) is 15.0. The lowest BCUT2D eigenvalue weighted by atomic mass is 10.00. The Morgan fingerprint density at radius 1 is 1.37 bits per heavy atom. The molecule has 102 valence electrons. The smallest absolute Gasteiger partial charge is 0.382 e. The molecule has 0 radical (unpaired) electrons. The van der Waals surface area contributed by atoms with Gasteiger partial charge in [-0.1, -0.05) is 30.3 Å². The summed E-state index contributed by atoms with van der Waals surface area (Å²) in [5.74, 6) is -2.08. The van der Waals surface area contributed by atoms with E-state index in [1.807, 2.05) is 5.32 Å². The minimum atomic E-state index is -4.80. The second-order valence-electron chi connectivity index (χ2n) is 3.78. The quantitative estimate of drug-likeness (QED) is 0.868. The normalized spacial score (nSPS) is 14.3. The van der Waals surface area contributed by atoms with E-state index < -0.39 is 30.7 Å². The van der Waals surface area contributed by atoms with E-state index in [2.05, 4.69) is 0 Å². The summed E-state index contributed by atoms with van der Waals surface area (Å²) in [5, 5.41) is 19.5. The standard InChI is InChI=1S/C12H11F3N2O2/c13-12(14,15)10(18)7-17-11(19)9(6-16)8-4-2-1-3-5-8/h1-5,9-10,18H,7H2,(H,17,19). The van der Waals surface area contributed by atoms with Crippen LogP contribution >= 0.6 is 0 Å². The molecule has 0 fully saturated rings. The number of aliphatic hydroxyl groups excluding tert-OH is 1. The van der Waals surface area contributed by atoms with E-state index >= 15 is 0 Å². The molecule has 0 saturated heterocycles. The fourth-order valence-electron chi connectivity index (χ4n) is 1.35. The molecule has 0 bridgehead atoms. The maximum Gasteiger partial charge on any atom is 0.416 e. The Labute approximate surface area is 107 Å². The van der Waals surface area contributed by atoms with Gasteiger partial charge >= 0.3 is 6.18 Å². The van der Waals surface area contributed by atoms with Gasteiger partial charge in [-0.3, -0.25) is 4.79 Å². The first-order valence-corrected chi connectivity index (χ1v) is 5.33. The number of aliphatic hydroxyl groups is 1. The van der Waals surface area contributed by atoms with Crippen LogP contribution in [0, 0.1) is 11.3 Å². The molecule has 2 unspecified atom stereocenters. The van der Waals surface area contributed by atoms with E-state index in [9.17, 15) is 18.0 Å². The van der Waals surface area contributed by atoms with Crippen LogP contribution in [0.1, 0.15) is 11.5 Å². The minimum absolute atomic E-state index is 0.379. The number of carbonyl (C=O) groups excluding carboxylic acids is 1. The van der Waals surface area contributed by atoms with Gasteiger partial charge in [0, 0.05) is 0 Å². The van der Waals surface area contributed by atoms with Gasteiger partial charge in [0.15, 0.2) is 6.10 Å². The summed E-state index contributed by atoms with van der Waals surface area (Å²) in [6, 6.07) is 9.65. The van der Waals surface area contributed by atoms with Crippen molar-refractivity contribution in [1.82, 2.24) is 5.32 Å². The molecule has 1 aromatic carbocycles. The second kappa shape index (κ2) is 6.20. The highest BCUT2D eigenvalue weighted by atomic mass is 19.4. The molecule has 7 heteroatoms. The maximum atomic E-state index is 12.0. The number of hydrogen-bond donors (Lipinski definition) is 2. The molecule has 0 aromatic heterocycles. The summed E-state index contributed by atoms with van der Waals surface area (Å²) in [4.78, 5) is 11.6. The van der Waals surface area contributed by atoms with Crippen molar-refractivity contribution < 1.29 is 23.1 Å². The van der Waals surface area contributed by atoms with Crippen LogP contribution in [0.3, 0.4) is 0 Å². The Bertz CT molecular complexity index is 468. The van der Waals surface area contributed by atoms with Crippen molar-refractivity contribution in [2.75, 3.05) is 6.54 Å². The van der Waals surface area contributed by atoms with Gasteiger partial charge in [0.05, 0.1) is 12.6 Å². The van der Waals surface area contributed by atoms with Crippen LogP contribution in [0.2, 0.25) is 0 Å². The van der Waals surface area contributed by atoms with E-state index in [1.165, 1.54) is 12.1 Å². The van der Waals surface area contributed by atoms with E-state index in [1.54, 1.807) is 24.3 Å². The number of halogens is 3. The Balaban J connectivity index is 2.65. The van der Waals surface area contributed by atoms with Crippen LogP contribution in [0.25, 0.3) is 0 Å². The van der Waals surface area contributed by atoms with E-state index in [0.717, 1.165) is 0 Å². The first-order chi connectivity index (χ1) is 8.86. The molecule has 0 aliphatic carbocycles. The summed E-state index contributed by atoms with van der Waals surface area (Å²) in [7, 11) is 0. The Morgan fingerprint density at radius 2 is 1.95 bits per heavy atom. The minimum Gasteiger partial charge on any atom is -0.382 e. The summed E-state index contributed by atoms with van der Waals surface area (Å²) in [5.41, 5.74) is 0.379. The predicted octanol–water partition coefficient (Wildman–Crippen LogP) is 1.33. The molecule has 0 aliphatic rings.